The third kappa shape index (κ3) is 5.06. The molecule has 2 aliphatic heterocycles. The number of benzene rings is 2. The molecule has 0 bridgehead atoms. The number of ether oxygens (including phenoxy) is 1. The Hall–Kier alpha value is -2.93. The largest absolute Gasteiger partial charge is 0.462 e. The molecule has 2 aliphatic rings. The zero-order chi connectivity index (χ0) is 27.3. The van der Waals surface area contributed by atoms with Gasteiger partial charge in [0.1, 0.15) is 17.9 Å². The number of likely N-dealkylation sites (N-methyl/N-ethyl adjacent to an activating group) is 1. The van der Waals surface area contributed by atoms with Gasteiger partial charge in [-0.25, -0.2) is 18.2 Å². The first-order chi connectivity index (χ1) is 18.7. The average Bonchev–Trinajstić information content (AvgIpc) is 3.43. The van der Waals surface area contributed by atoms with Gasteiger partial charge < -0.3 is 25.6 Å². The molecule has 0 unspecified atom stereocenters. The smallest absolute Gasteiger partial charge is 0.319 e. The van der Waals surface area contributed by atoms with Crippen LogP contribution in [-0.2, 0) is 0 Å². The second kappa shape index (κ2) is 10.2. The molecular formula is C26H27ClF3N7OS. The minimum absolute atomic E-state index is 0.0517. The third-order valence-corrected chi connectivity index (χ3v) is 8.52. The van der Waals surface area contributed by atoms with Gasteiger partial charge >= 0.3 is 6.01 Å². The number of hydrogen-bond donors (Lipinski definition) is 2. The Morgan fingerprint density at radius 2 is 2.10 bits per heavy atom. The number of hydrogen-bond acceptors (Lipinski definition) is 9. The highest BCUT2D eigenvalue weighted by Gasteiger charge is 2.35. The Bertz CT molecular complexity index is 1550. The van der Waals surface area contributed by atoms with Crippen molar-refractivity contribution in [3.63, 3.8) is 0 Å². The number of anilines is 2. The molecule has 2 fully saturated rings. The van der Waals surface area contributed by atoms with Crippen molar-refractivity contribution in [1.29, 1.82) is 0 Å². The van der Waals surface area contributed by atoms with Crippen molar-refractivity contribution in [2.45, 2.75) is 24.8 Å². The van der Waals surface area contributed by atoms with Crippen LogP contribution in [0.5, 0.6) is 6.01 Å². The van der Waals surface area contributed by atoms with Crippen molar-refractivity contribution in [3.8, 4) is 17.1 Å². The highest BCUT2D eigenvalue weighted by Crippen LogP contribution is 2.43. The van der Waals surface area contributed by atoms with Gasteiger partial charge in [0.05, 0.1) is 28.3 Å². The summed E-state index contributed by atoms with van der Waals surface area (Å²) in [6.07, 6.45) is 2.01. The molecule has 0 spiro atoms. The Morgan fingerprint density at radius 3 is 2.90 bits per heavy atom. The normalized spacial score (nSPS) is 20.1. The van der Waals surface area contributed by atoms with E-state index in [0.29, 0.717) is 34.1 Å². The number of nitrogen functional groups attached to an aromatic ring is 1. The van der Waals surface area contributed by atoms with Gasteiger partial charge in [-0.3, -0.25) is 0 Å². The molecule has 2 aromatic carbocycles. The summed E-state index contributed by atoms with van der Waals surface area (Å²) in [5.41, 5.74) is 7.15. The van der Waals surface area contributed by atoms with Crippen LogP contribution in [0, 0.1) is 5.82 Å². The zero-order valence-electron chi connectivity index (χ0n) is 21.2. The van der Waals surface area contributed by atoms with E-state index in [2.05, 4.69) is 25.2 Å². The summed E-state index contributed by atoms with van der Waals surface area (Å²) < 4.78 is 52.3. The van der Waals surface area contributed by atoms with E-state index in [1.54, 1.807) is 24.3 Å². The van der Waals surface area contributed by atoms with Gasteiger partial charge in [-0.15, -0.1) is 0 Å². The molecule has 0 saturated carbocycles. The molecule has 0 amide bonds. The highest BCUT2D eigenvalue weighted by molar-refractivity contribution is 7.22. The molecular weight excluding hydrogens is 551 g/mol. The summed E-state index contributed by atoms with van der Waals surface area (Å²) in [4.78, 5) is 16.9. The van der Waals surface area contributed by atoms with E-state index >= 15 is 4.39 Å². The lowest BCUT2D eigenvalue weighted by molar-refractivity contribution is 0.0156. The van der Waals surface area contributed by atoms with Crippen LogP contribution in [-0.4, -0.2) is 78.2 Å². The van der Waals surface area contributed by atoms with Crippen molar-refractivity contribution in [2.75, 3.05) is 57.0 Å². The average molecular weight is 578 g/mol. The van der Waals surface area contributed by atoms with Crippen LogP contribution in [0.4, 0.5) is 24.1 Å². The Balaban J connectivity index is 1.51. The van der Waals surface area contributed by atoms with Crippen LogP contribution in [0.25, 0.3) is 32.2 Å². The van der Waals surface area contributed by atoms with Crippen molar-refractivity contribution in [1.82, 2.24) is 25.2 Å². The molecule has 13 heteroatoms. The standard InChI is InChI=1S/C26H27ClF3N7OS/c1-36-8-3-4-14(36)11-38-25-34-21-16(23(35-25)37-9-7-32-12-26(29,30)13-37)10-17(27)19(20(21)28)15-5-2-6-18-22(15)39-24(31)33-18/h2,5-6,10,14,32H,3-4,7-9,11-13H2,1H3,(H2,31,33)/t14-/m0/s1. The van der Waals surface area contributed by atoms with Crippen LogP contribution in [0.3, 0.4) is 0 Å². The third-order valence-electron chi connectivity index (χ3n) is 7.28. The number of fused-ring (bicyclic) bond motifs is 2. The monoisotopic (exact) mass is 577 g/mol. The number of aromatic nitrogens is 3. The second-order valence-electron chi connectivity index (χ2n) is 10.0. The lowest BCUT2D eigenvalue weighted by Crippen LogP contribution is -2.39. The minimum atomic E-state index is -3.01. The number of nitrogens with one attached hydrogen (secondary N) is 1. The molecule has 4 aromatic rings. The maximum Gasteiger partial charge on any atom is 0.319 e. The topological polar surface area (TPSA) is 92.4 Å². The quantitative estimate of drug-likeness (QED) is 0.350. The number of nitrogens with zero attached hydrogens (tertiary/aromatic N) is 5. The first-order valence-electron chi connectivity index (χ1n) is 12.7. The van der Waals surface area contributed by atoms with Crippen LogP contribution in [0.15, 0.2) is 24.3 Å². The Kier molecular flexibility index (Phi) is 6.90. The van der Waals surface area contributed by atoms with Gasteiger partial charge in [0.15, 0.2) is 10.9 Å². The minimum Gasteiger partial charge on any atom is -0.462 e. The van der Waals surface area contributed by atoms with Gasteiger partial charge in [0, 0.05) is 35.6 Å². The zero-order valence-corrected chi connectivity index (χ0v) is 22.8. The fourth-order valence-electron chi connectivity index (χ4n) is 5.32. The summed E-state index contributed by atoms with van der Waals surface area (Å²) in [5, 5.41) is 3.44. The van der Waals surface area contributed by atoms with Gasteiger partial charge in [0.2, 0.25) is 0 Å². The number of halogens is 4. The molecule has 2 saturated heterocycles. The van der Waals surface area contributed by atoms with Crippen LogP contribution >= 0.6 is 22.9 Å². The molecule has 39 heavy (non-hydrogen) atoms. The van der Waals surface area contributed by atoms with E-state index in [4.69, 9.17) is 22.1 Å². The molecule has 8 nitrogen and oxygen atoms in total. The lowest BCUT2D eigenvalue weighted by atomic mass is 10.0. The first-order valence-corrected chi connectivity index (χ1v) is 13.9. The Morgan fingerprint density at radius 1 is 1.26 bits per heavy atom. The summed E-state index contributed by atoms with van der Waals surface area (Å²) in [5.74, 6) is -3.54. The Labute approximate surface area is 231 Å². The molecule has 0 radical (unpaired) electrons. The molecule has 0 aliphatic carbocycles. The SMILES string of the molecule is CN1CCC[C@H]1COc1nc(N2CCNCC(F)(F)C2)c2cc(Cl)c(-c3cccc4nc(N)sc34)c(F)c2n1. The number of likely N-dealkylation sites (tertiary alicyclic amines) is 1. The number of alkyl halides is 2. The van der Waals surface area contributed by atoms with Crippen molar-refractivity contribution in [2.24, 2.45) is 0 Å². The van der Waals surface area contributed by atoms with Gasteiger partial charge in [-0.05, 0) is 38.6 Å². The van der Waals surface area contributed by atoms with E-state index in [1.165, 1.54) is 16.2 Å². The lowest BCUT2D eigenvalue weighted by Gasteiger charge is -2.26. The fraction of sp³-hybridized carbons (Fsp3) is 0.423. The highest BCUT2D eigenvalue weighted by atomic mass is 35.5. The fourth-order valence-corrected chi connectivity index (χ4v) is 6.46. The van der Waals surface area contributed by atoms with Gasteiger partial charge in [-0.2, -0.15) is 9.97 Å². The van der Waals surface area contributed by atoms with Gasteiger partial charge in [-0.1, -0.05) is 35.1 Å². The predicted molar refractivity (Wildman–Crippen MR) is 149 cm³/mol. The maximum absolute atomic E-state index is 16.4. The van der Waals surface area contributed by atoms with E-state index < -0.39 is 24.8 Å². The first kappa shape index (κ1) is 26.3. The molecule has 1 atom stereocenters. The van der Waals surface area contributed by atoms with Gasteiger partial charge in [0.25, 0.3) is 5.92 Å². The van der Waals surface area contributed by atoms with Crippen LogP contribution < -0.4 is 20.7 Å². The van der Waals surface area contributed by atoms with Crippen LogP contribution in [0.2, 0.25) is 5.02 Å². The van der Waals surface area contributed by atoms with E-state index in [0.717, 1.165) is 19.4 Å². The second-order valence-corrected chi connectivity index (χ2v) is 11.5. The number of rotatable bonds is 5. The van der Waals surface area contributed by atoms with Crippen molar-refractivity contribution in [3.05, 3.63) is 35.1 Å². The molecule has 4 heterocycles. The maximum atomic E-state index is 16.4. The van der Waals surface area contributed by atoms with Crippen LogP contribution in [0.1, 0.15) is 12.8 Å². The summed E-state index contributed by atoms with van der Waals surface area (Å²) in [6.45, 7) is 0.779. The van der Waals surface area contributed by atoms with E-state index in [9.17, 15) is 8.78 Å². The summed E-state index contributed by atoms with van der Waals surface area (Å²) >= 11 is 7.92. The van der Waals surface area contributed by atoms with E-state index in [-0.39, 0.29) is 45.9 Å². The molecule has 206 valence electrons. The molecule has 3 N–H and O–H groups in total. The molecule has 6 rings (SSSR count). The summed E-state index contributed by atoms with van der Waals surface area (Å²) in [7, 11) is 2.01. The molecule has 2 aromatic heterocycles. The number of nitrogens with two attached hydrogens (primary N) is 1. The van der Waals surface area contributed by atoms with Crippen molar-refractivity contribution >= 4 is 55.0 Å². The van der Waals surface area contributed by atoms with Crippen molar-refractivity contribution < 1.29 is 17.9 Å². The predicted octanol–water partition coefficient (Wildman–Crippen LogP) is 4.80. The summed E-state index contributed by atoms with van der Waals surface area (Å²) in [6, 6.07) is 6.93. The van der Waals surface area contributed by atoms with E-state index in [1.807, 2.05) is 7.05 Å². The number of thiazole rings is 1.